The Bertz CT molecular complexity index is 471. The highest BCUT2D eigenvalue weighted by Crippen LogP contribution is 2.23. The quantitative estimate of drug-likeness (QED) is 0.851. The number of carbonyl (C=O) groups is 1. The van der Waals surface area contributed by atoms with E-state index in [0.717, 1.165) is 0 Å². The Balaban J connectivity index is 3.03. The number of rotatable bonds is 6. The first kappa shape index (κ1) is 14.3. The van der Waals surface area contributed by atoms with Crippen molar-refractivity contribution < 1.29 is 14.6 Å². The number of carboxylic acids is 1. The van der Waals surface area contributed by atoms with Gasteiger partial charge < -0.3 is 14.7 Å². The number of ether oxygens (including phenoxy) is 1. The zero-order valence-electron chi connectivity index (χ0n) is 9.89. The van der Waals surface area contributed by atoms with Gasteiger partial charge in [0, 0.05) is 18.7 Å². The average Bonchev–Trinajstić information content (AvgIpc) is 2.34. The molecule has 0 fully saturated rings. The first-order valence-corrected chi connectivity index (χ1v) is 5.61. The molecule has 1 rings (SSSR count). The third-order valence-corrected chi connectivity index (χ3v) is 2.55. The molecule has 5 nitrogen and oxygen atoms in total. The number of halogens is 1. The second kappa shape index (κ2) is 6.84. The summed E-state index contributed by atoms with van der Waals surface area (Å²) in [6.45, 7) is 0.569. The highest BCUT2D eigenvalue weighted by Gasteiger charge is 2.14. The summed E-state index contributed by atoms with van der Waals surface area (Å²) in [6.07, 6.45) is 0. The minimum absolute atomic E-state index is 0.195. The Morgan fingerprint density at radius 1 is 1.61 bits per heavy atom. The van der Waals surface area contributed by atoms with Gasteiger partial charge in [0.1, 0.15) is 12.6 Å². The van der Waals surface area contributed by atoms with E-state index in [1.807, 2.05) is 6.07 Å². The van der Waals surface area contributed by atoms with E-state index in [-0.39, 0.29) is 6.54 Å². The van der Waals surface area contributed by atoms with Crippen LogP contribution in [0.4, 0.5) is 5.69 Å². The van der Waals surface area contributed by atoms with Crippen LogP contribution in [-0.4, -0.2) is 37.9 Å². The van der Waals surface area contributed by atoms with Gasteiger partial charge in [-0.05, 0) is 18.2 Å². The molecule has 0 spiro atoms. The summed E-state index contributed by atoms with van der Waals surface area (Å²) in [6, 6.07) is 6.78. The van der Waals surface area contributed by atoms with Gasteiger partial charge in [-0.1, -0.05) is 11.6 Å². The lowest BCUT2D eigenvalue weighted by molar-refractivity contribution is -0.135. The standard InChI is InChI=1S/C12H13ClN2O3/c1-18-5-4-15(8-12(16)17)11-3-2-10(13)6-9(11)7-14/h2-3,6H,4-5,8H2,1H3,(H,16,17). The molecule has 0 aliphatic rings. The van der Waals surface area contributed by atoms with Crippen LogP contribution in [0.25, 0.3) is 0 Å². The van der Waals surface area contributed by atoms with Gasteiger partial charge in [0.05, 0.1) is 17.9 Å². The molecule has 0 unspecified atom stereocenters. The molecule has 96 valence electrons. The summed E-state index contributed by atoms with van der Waals surface area (Å²) in [5, 5.41) is 18.4. The van der Waals surface area contributed by atoms with E-state index in [1.54, 1.807) is 17.0 Å². The van der Waals surface area contributed by atoms with Crippen LogP contribution in [0.15, 0.2) is 18.2 Å². The van der Waals surface area contributed by atoms with Gasteiger partial charge in [-0.15, -0.1) is 0 Å². The van der Waals surface area contributed by atoms with Crippen molar-refractivity contribution in [2.75, 3.05) is 31.7 Å². The van der Waals surface area contributed by atoms with E-state index in [2.05, 4.69) is 0 Å². The molecule has 0 heterocycles. The predicted molar refractivity (Wildman–Crippen MR) is 67.9 cm³/mol. The highest BCUT2D eigenvalue weighted by atomic mass is 35.5. The Labute approximate surface area is 110 Å². The van der Waals surface area contributed by atoms with E-state index >= 15 is 0 Å². The molecule has 6 heteroatoms. The number of aliphatic carboxylic acids is 1. The monoisotopic (exact) mass is 268 g/mol. The Morgan fingerprint density at radius 3 is 2.89 bits per heavy atom. The van der Waals surface area contributed by atoms with Crippen molar-refractivity contribution in [3.05, 3.63) is 28.8 Å². The summed E-state index contributed by atoms with van der Waals surface area (Å²) >= 11 is 5.80. The molecule has 0 aliphatic heterocycles. The van der Waals surface area contributed by atoms with Gasteiger partial charge in [-0.3, -0.25) is 4.79 Å². The summed E-state index contributed by atoms with van der Waals surface area (Å²) < 4.78 is 4.93. The maximum absolute atomic E-state index is 10.8. The zero-order valence-corrected chi connectivity index (χ0v) is 10.6. The minimum atomic E-state index is -0.968. The van der Waals surface area contributed by atoms with Gasteiger partial charge in [-0.25, -0.2) is 0 Å². The average molecular weight is 269 g/mol. The van der Waals surface area contributed by atoms with Crippen molar-refractivity contribution in [1.82, 2.24) is 0 Å². The Kier molecular flexibility index (Phi) is 5.43. The second-order valence-corrected chi connectivity index (χ2v) is 4.02. The van der Waals surface area contributed by atoms with Crippen LogP contribution in [0.2, 0.25) is 5.02 Å². The van der Waals surface area contributed by atoms with Gasteiger partial charge in [0.2, 0.25) is 0 Å². The SMILES string of the molecule is COCCN(CC(=O)O)c1ccc(Cl)cc1C#N. The first-order chi connectivity index (χ1) is 8.58. The van der Waals surface area contributed by atoms with Crippen LogP contribution >= 0.6 is 11.6 Å². The Hall–Kier alpha value is -1.77. The van der Waals surface area contributed by atoms with Crippen LogP contribution in [0, 0.1) is 11.3 Å². The molecule has 0 aliphatic carbocycles. The van der Waals surface area contributed by atoms with E-state index < -0.39 is 5.97 Å². The molecular weight excluding hydrogens is 256 g/mol. The zero-order chi connectivity index (χ0) is 13.5. The van der Waals surface area contributed by atoms with Gasteiger partial charge in [-0.2, -0.15) is 5.26 Å². The number of methoxy groups -OCH3 is 1. The fourth-order valence-electron chi connectivity index (χ4n) is 1.52. The fraction of sp³-hybridized carbons (Fsp3) is 0.333. The molecule has 1 aromatic rings. The number of hydrogen-bond acceptors (Lipinski definition) is 4. The highest BCUT2D eigenvalue weighted by molar-refractivity contribution is 6.30. The maximum atomic E-state index is 10.8. The number of nitrogens with zero attached hydrogens (tertiary/aromatic N) is 2. The lowest BCUT2D eigenvalue weighted by Crippen LogP contribution is -2.33. The molecule has 0 radical (unpaired) electrons. The van der Waals surface area contributed by atoms with Crippen LogP contribution in [0.3, 0.4) is 0 Å². The summed E-state index contributed by atoms with van der Waals surface area (Å²) in [5.74, 6) is -0.968. The van der Waals surface area contributed by atoms with Gasteiger partial charge in [0.25, 0.3) is 0 Å². The molecule has 0 saturated heterocycles. The molecule has 0 aromatic heterocycles. The third kappa shape index (κ3) is 3.91. The first-order valence-electron chi connectivity index (χ1n) is 5.23. The predicted octanol–water partition coefficient (Wildman–Crippen LogP) is 1.75. The molecule has 0 atom stereocenters. The fourth-order valence-corrected chi connectivity index (χ4v) is 1.70. The molecular formula is C12H13ClN2O3. The van der Waals surface area contributed by atoms with E-state index in [0.29, 0.717) is 29.4 Å². The Morgan fingerprint density at radius 2 is 2.33 bits per heavy atom. The summed E-state index contributed by atoms with van der Waals surface area (Å²) in [5.41, 5.74) is 0.890. The molecule has 18 heavy (non-hydrogen) atoms. The van der Waals surface area contributed by atoms with E-state index in [1.165, 1.54) is 13.2 Å². The van der Waals surface area contributed by atoms with Crippen molar-refractivity contribution >= 4 is 23.3 Å². The number of nitriles is 1. The maximum Gasteiger partial charge on any atom is 0.323 e. The van der Waals surface area contributed by atoms with Crippen LogP contribution < -0.4 is 4.90 Å². The van der Waals surface area contributed by atoms with Crippen LogP contribution in [0.1, 0.15) is 5.56 Å². The number of carboxylic acid groups (broad SMARTS) is 1. The van der Waals surface area contributed by atoms with Crippen LogP contribution in [-0.2, 0) is 9.53 Å². The molecule has 1 aromatic carbocycles. The normalized spacial score (nSPS) is 9.83. The third-order valence-electron chi connectivity index (χ3n) is 2.31. The van der Waals surface area contributed by atoms with E-state index in [9.17, 15) is 4.79 Å². The second-order valence-electron chi connectivity index (χ2n) is 3.58. The summed E-state index contributed by atoms with van der Waals surface area (Å²) in [4.78, 5) is 12.4. The molecule has 0 bridgehead atoms. The van der Waals surface area contributed by atoms with E-state index in [4.69, 9.17) is 26.7 Å². The minimum Gasteiger partial charge on any atom is -0.480 e. The summed E-state index contributed by atoms with van der Waals surface area (Å²) in [7, 11) is 1.53. The topological polar surface area (TPSA) is 73.6 Å². The van der Waals surface area contributed by atoms with Crippen molar-refractivity contribution in [3.8, 4) is 6.07 Å². The lowest BCUT2D eigenvalue weighted by Gasteiger charge is -2.23. The molecule has 0 saturated carbocycles. The van der Waals surface area contributed by atoms with Crippen LogP contribution in [0.5, 0.6) is 0 Å². The van der Waals surface area contributed by atoms with Gasteiger partial charge in [0.15, 0.2) is 0 Å². The van der Waals surface area contributed by atoms with Crippen molar-refractivity contribution in [2.24, 2.45) is 0 Å². The molecule has 1 N–H and O–H groups in total. The largest absolute Gasteiger partial charge is 0.480 e. The number of hydrogen-bond donors (Lipinski definition) is 1. The number of anilines is 1. The molecule has 0 amide bonds. The van der Waals surface area contributed by atoms with Gasteiger partial charge >= 0.3 is 5.97 Å². The van der Waals surface area contributed by atoms with Crippen molar-refractivity contribution in [2.45, 2.75) is 0 Å². The lowest BCUT2D eigenvalue weighted by atomic mass is 10.1. The number of benzene rings is 1. The van der Waals surface area contributed by atoms with Crippen molar-refractivity contribution in [3.63, 3.8) is 0 Å². The smallest absolute Gasteiger partial charge is 0.323 e. The van der Waals surface area contributed by atoms with Crippen molar-refractivity contribution in [1.29, 1.82) is 5.26 Å².